The zero-order chi connectivity index (χ0) is 15.1. The Morgan fingerprint density at radius 3 is 3.05 bits per heavy atom. The molecule has 1 aromatic heterocycles. The standard InChI is InChI=1S/C16H16N2O2S/c1-12-5-6-13(4-2-3-8-19)10-14(12)16(20)18-11-15-17-7-9-21-15/h5-7,9-10,19H,3,8,11H2,1H3,(H,18,20). The number of rotatable bonds is 4. The van der Waals surface area contributed by atoms with Gasteiger partial charge in [0.2, 0.25) is 0 Å². The number of aromatic nitrogens is 1. The van der Waals surface area contributed by atoms with Crippen LogP contribution in [0, 0.1) is 18.8 Å². The lowest BCUT2D eigenvalue weighted by Crippen LogP contribution is -2.23. The summed E-state index contributed by atoms with van der Waals surface area (Å²) in [6.45, 7) is 2.36. The average Bonchev–Trinajstić information content (AvgIpc) is 3.00. The maximum absolute atomic E-state index is 12.2. The number of aliphatic hydroxyl groups is 1. The molecule has 0 fully saturated rings. The number of carbonyl (C=O) groups is 1. The van der Waals surface area contributed by atoms with E-state index in [-0.39, 0.29) is 12.5 Å². The quantitative estimate of drug-likeness (QED) is 0.850. The van der Waals surface area contributed by atoms with Crippen LogP contribution in [-0.4, -0.2) is 22.6 Å². The summed E-state index contributed by atoms with van der Waals surface area (Å²) in [7, 11) is 0. The third kappa shape index (κ3) is 4.42. The summed E-state index contributed by atoms with van der Waals surface area (Å²) in [5.74, 6) is 5.66. The molecular formula is C16H16N2O2S. The van der Waals surface area contributed by atoms with Gasteiger partial charge in [-0.05, 0) is 24.6 Å². The molecule has 0 radical (unpaired) electrons. The fraction of sp³-hybridized carbons (Fsp3) is 0.250. The smallest absolute Gasteiger partial charge is 0.251 e. The zero-order valence-corrected chi connectivity index (χ0v) is 12.5. The molecule has 4 nitrogen and oxygen atoms in total. The van der Waals surface area contributed by atoms with E-state index in [4.69, 9.17) is 5.11 Å². The minimum atomic E-state index is -0.131. The number of thiazole rings is 1. The third-order valence-corrected chi connectivity index (χ3v) is 3.61. The molecule has 0 unspecified atom stereocenters. The Morgan fingerprint density at radius 1 is 1.48 bits per heavy atom. The first-order chi connectivity index (χ1) is 10.2. The largest absolute Gasteiger partial charge is 0.395 e. The van der Waals surface area contributed by atoms with Gasteiger partial charge in [-0.1, -0.05) is 17.9 Å². The summed E-state index contributed by atoms with van der Waals surface area (Å²) in [6, 6.07) is 5.52. The summed E-state index contributed by atoms with van der Waals surface area (Å²) in [5, 5.41) is 14.3. The Hall–Kier alpha value is -2.16. The van der Waals surface area contributed by atoms with Crippen LogP contribution in [0.3, 0.4) is 0 Å². The highest BCUT2D eigenvalue weighted by atomic mass is 32.1. The molecule has 1 amide bonds. The first kappa shape index (κ1) is 15.2. The van der Waals surface area contributed by atoms with Gasteiger partial charge < -0.3 is 10.4 Å². The Morgan fingerprint density at radius 2 is 2.33 bits per heavy atom. The van der Waals surface area contributed by atoms with E-state index >= 15 is 0 Å². The van der Waals surface area contributed by atoms with Crippen LogP contribution >= 0.6 is 11.3 Å². The van der Waals surface area contributed by atoms with Gasteiger partial charge in [-0.3, -0.25) is 4.79 Å². The normalized spacial score (nSPS) is 9.81. The summed E-state index contributed by atoms with van der Waals surface area (Å²) < 4.78 is 0. The van der Waals surface area contributed by atoms with Gasteiger partial charge in [0.05, 0.1) is 13.2 Å². The fourth-order valence-corrected chi connectivity index (χ4v) is 2.31. The van der Waals surface area contributed by atoms with Crippen molar-refractivity contribution in [2.75, 3.05) is 6.61 Å². The lowest BCUT2D eigenvalue weighted by atomic mass is 10.0. The van der Waals surface area contributed by atoms with Crippen LogP contribution < -0.4 is 5.32 Å². The third-order valence-electron chi connectivity index (χ3n) is 2.84. The second-order valence-corrected chi connectivity index (χ2v) is 5.39. The molecule has 0 spiro atoms. The fourth-order valence-electron chi connectivity index (χ4n) is 1.76. The van der Waals surface area contributed by atoms with Crippen LogP contribution in [0.5, 0.6) is 0 Å². The van der Waals surface area contributed by atoms with E-state index in [9.17, 15) is 4.79 Å². The van der Waals surface area contributed by atoms with E-state index < -0.39 is 0 Å². The topological polar surface area (TPSA) is 62.2 Å². The number of aryl methyl sites for hydroxylation is 1. The number of benzene rings is 1. The van der Waals surface area contributed by atoms with Gasteiger partial charge in [-0.15, -0.1) is 11.3 Å². The van der Waals surface area contributed by atoms with Crippen molar-refractivity contribution >= 4 is 17.2 Å². The number of nitrogens with one attached hydrogen (secondary N) is 1. The molecule has 1 heterocycles. The second kappa shape index (κ2) is 7.58. The highest BCUT2D eigenvalue weighted by Crippen LogP contribution is 2.11. The highest BCUT2D eigenvalue weighted by molar-refractivity contribution is 7.09. The van der Waals surface area contributed by atoms with E-state index in [0.717, 1.165) is 16.1 Å². The SMILES string of the molecule is Cc1ccc(C#CCCO)cc1C(=O)NCc1nccs1. The van der Waals surface area contributed by atoms with Crippen molar-refractivity contribution in [1.82, 2.24) is 10.3 Å². The van der Waals surface area contributed by atoms with E-state index in [0.29, 0.717) is 18.5 Å². The minimum Gasteiger partial charge on any atom is -0.395 e. The van der Waals surface area contributed by atoms with Crippen LogP contribution in [-0.2, 0) is 6.54 Å². The van der Waals surface area contributed by atoms with Crippen molar-refractivity contribution in [2.45, 2.75) is 19.9 Å². The Balaban J connectivity index is 2.09. The first-order valence-corrected chi connectivity index (χ1v) is 7.45. The van der Waals surface area contributed by atoms with E-state index in [2.05, 4.69) is 22.1 Å². The van der Waals surface area contributed by atoms with Crippen molar-refractivity contribution < 1.29 is 9.90 Å². The first-order valence-electron chi connectivity index (χ1n) is 6.57. The molecular weight excluding hydrogens is 284 g/mol. The molecule has 21 heavy (non-hydrogen) atoms. The van der Waals surface area contributed by atoms with Gasteiger partial charge in [-0.2, -0.15) is 0 Å². The summed E-state index contributed by atoms with van der Waals surface area (Å²) in [4.78, 5) is 16.3. The number of amides is 1. The molecule has 2 rings (SSSR count). The van der Waals surface area contributed by atoms with Crippen molar-refractivity contribution in [2.24, 2.45) is 0 Å². The van der Waals surface area contributed by atoms with Gasteiger partial charge in [-0.25, -0.2) is 4.98 Å². The van der Waals surface area contributed by atoms with Gasteiger partial charge in [0.15, 0.2) is 0 Å². The molecule has 0 atom stereocenters. The molecule has 1 aromatic carbocycles. The molecule has 5 heteroatoms. The molecule has 0 bridgehead atoms. The van der Waals surface area contributed by atoms with Crippen LogP contribution in [0.15, 0.2) is 29.8 Å². The molecule has 0 aliphatic rings. The highest BCUT2D eigenvalue weighted by Gasteiger charge is 2.09. The molecule has 108 valence electrons. The van der Waals surface area contributed by atoms with Crippen molar-refractivity contribution in [1.29, 1.82) is 0 Å². The van der Waals surface area contributed by atoms with Crippen LogP contribution in [0.2, 0.25) is 0 Å². The summed E-state index contributed by atoms with van der Waals surface area (Å²) in [6.07, 6.45) is 2.15. The lowest BCUT2D eigenvalue weighted by molar-refractivity contribution is 0.0950. The number of hydrogen-bond donors (Lipinski definition) is 2. The molecule has 2 N–H and O–H groups in total. The van der Waals surface area contributed by atoms with E-state index in [1.54, 1.807) is 12.3 Å². The van der Waals surface area contributed by atoms with Crippen LogP contribution in [0.4, 0.5) is 0 Å². The number of aliphatic hydroxyl groups excluding tert-OH is 1. The van der Waals surface area contributed by atoms with Gasteiger partial charge in [0.1, 0.15) is 5.01 Å². The predicted octanol–water partition coefficient (Wildman–Crippen LogP) is 2.12. The monoisotopic (exact) mass is 300 g/mol. The number of nitrogens with zero attached hydrogens (tertiary/aromatic N) is 1. The summed E-state index contributed by atoms with van der Waals surface area (Å²) >= 11 is 1.51. The van der Waals surface area contributed by atoms with Crippen molar-refractivity contribution in [3.63, 3.8) is 0 Å². The molecule has 0 aliphatic carbocycles. The van der Waals surface area contributed by atoms with Crippen LogP contribution in [0.1, 0.15) is 32.9 Å². The average molecular weight is 300 g/mol. The maximum atomic E-state index is 12.2. The lowest BCUT2D eigenvalue weighted by Gasteiger charge is -2.07. The summed E-state index contributed by atoms with van der Waals surface area (Å²) in [5.41, 5.74) is 2.29. The van der Waals surface area contributed by atoms with Crippen molar-refractivity contribution in [3.8, 4) is 11.8 Å². The van der Waals surface area contributed by atoms with Crippen molar-refractivity contribution in [3.05, 3.63) is 51.5 Å². The second-order valence-electron chi connectivity index (χ2n) is 4.41. The van der Waals surface area contributed by atoms with Gasteiger partial charge in [0, 0.05) is 29.1 Å². The Bertz CT molecular complexity index is 669. The molecule has 0 saturated carbocycles. The number of carbonyl (C=O) groups excluding carboxylic acids is 1. The molecule has 2 aromatic rings. The molecule has 0 aliphatic heterocycles. The predicted molar refractivity (Wildman–Crippen MR) is 83.0 cm³/mol. The van der Waals surface area contributed by atoms with Crippen LogP contribution in [0.25, 0.3) is 0 Å². The number of hydrogen-bond acceptors (Lipinski definition) is 4. The minimum absolute atomic E-state index is 0.0417. The van der Waals surface area contributed by atoms with E-state index in [1.165, 1.54) is 11.3 Å². The van der Waals surface area contributed by atoms with E-state index in [1.807, 2.05) is 24.4 Å². The maximum Gasteiger partial charge on any atom is 0.251 e. The zero-order valence-electron chi connectivity index (χ0n) is 11.7. The van der Waals surface area contributed by atoms with Gasteiger partial charge >= 0.3 is 0 Å². The van der Waals surface area contributed by atoms with Gasteiger partial charge in [0.25, 0.3) is 5.91 Å². The Labute approximate surface area is 127 Å². The Kier molecular flexibility index (Phi) is 5.50. The molecule has 0 saturated heterocycles.